The number of halogens is 1. The Morgan fingerprint density at radius 1 is 1.04 bits per heavy atom. The van der Waals surface area contributed by atoms with Crippen LogP contribution in [0.15, 0.2) is 55.1 Å². The number of aryl methyl sites for hydroxylation is 1. The van der Waals surface area contributed by atoms with E-state index in [2.05, 4.69) is 20.2 Å². The van der Waals surface area contributed by atoms with Gasteiger partial charge in [0.15, 0.2) is 0 Å². The van der Waals surface area contributed by atoms with Gasteiger partial charge in [0.2, 0.25) is 0 Å². The Morgan fingerprint density at radius 2 is 1.75 bits per heavy atom. The van der Waals surface area contributed by atoms with Gasteiger partial charge in [0.05, 0.1) is 10.7 Å². The van der Waals surface area contributed by atoms with Crippen molar-refractivity contribution in [1.29, 1.82) is 0 Å². The van der Waals surface area contributed by atoms with Crippen LogP contribution >= 0.6 is 11.6 Å². The minimum Gasteiger partial charge on any atom is -0.353 e. The fourth-order valence-electron chi connectivity index (χ4n) is 3.19. The molecule has 0 radical (unpaired) electrons. The molecule has 0 saturated carbocycles. The van der Waals surface area contributed by atoms with Crippen LogP contribution in [-0.2, 0) is 0 Å². The number of hydrogen-bond donors (Lipinski definition) is 1. The maximum atomic E-state index is 12.6. The van der Waals surface area contributed by atoms with Crippen molar-refractivity contribution in [2.45, 2.75) is 6.92 Å². The van der Waals surface area contributed by atoms with Gasteiger partial charge >= 0.3 is 6.03 Å². The van der Waals surface area contributed by atoms with Crippen LogP contribution in [0.2, 0.25) is 5.02 Å². The summed E-state index contributed by atoms with van der Waals surface area (Å²) in [6.07, 6.45) is 5.47. The topological polar surface area (TPSA) is 66.3 Å². The smallest absolute Gasteiger partial charge is 0.322 e. The van der Waals surface area contributed by atoms with Gasteiger partial charge in [0.25, 0.3) is 0 Å². The quantitative estimate of drug-likeness (QED) is 0.734. The van der Waals surface area contributed by atoms with Gasteiger partial charge in [-0.15, -0.1) is 0 Å². The number of nitrogens with one attached hydrogen (secondary N) is 1. The Hall–Kier alpha value is -3.06. The number of carbonyl (C=O) groups excluding carboxylic acids is 1. The Balaban J connectivity index is 1.38. The molecule has 1 saturated heterocycles. The van der Waals surface area contributed by atoms with Crippen LogP contribution in [0.1, 0.15) is 5.56 Å². The van der Waals surface area contributed by atoms with Gasteiger partial charge in [-0.25, -0.2) is 14.8 Å². The number of rotatable bonds is 3. The van der Waals surface area contributed by atoms with E-state index in [4.69, 9.17) is 11.6 Å². The third-order valence-electron chi connectivity index (χ3n) is 4.76. The third kappa shape index (κ3) is 3.94. The highest BCUT2D eigenvalue weighted by Crippen LogP contribution is 2.23. The van der Waals surface area contributed by atoms with E-state index >= 15 is 0 Å². The van der Waals surface area contributed by atoms with E-state index < -0.39 is 0 Å². The summed E-state index contributed by atoms with van der Waals surface area (Å²) in [5.74, 6) is 1.68. The van der Waals surface area contributed by atoms with Crippen LogP contribution in [0.25, 0.3) is 5.82 Å². The number of anilines is 2. The first-order valence-electron chi connectivity index (χ1n) is 9.12. The zero-order valence-corrected chi connectivity index (χ0v) is 16.3. The van der Waals surface area contributed by atoms with Gasteiger partial charge in [-0.1, -0.05) is 17.7 Å². The molecular formula is C20H21ClN6O. The second kappa shape index (κ2) is 7.90. The third-order valence-corrected chi connectivity index (χ3v) is 5.08. The highest BCUT2D eigenvalue weighted by Gasteiger charge is 2.22. The molecule has 0 atom stereocenters. The maximum absolute atomic E-state index is 12.6. The first-order chi connectivity index (χ1) is 13.6. The van der Waals surface area contributed by atoms with Crippen LogP contribution in [0.3, 0.4) is 0 Å². The molecule has 8 heteroatoms. The van der Waals surface area contributed by atoms with E-state index in [1.54, 1.807) is 11.2 Å². The predicted molar refractivity (Wildman–Crippen MR) is 110 cm³/mol. The highest BCUT2D eigenvalue weighted by molar-refractivity contribution is 6.33. The molecule has 2 aromatic heterocycles. The summed E-state index contributed by atoms with van der Waals surface area (Å²) in [5.41, 5.74) is 1.69. The van der Waals surface area contributed by atoms with Crippen molar-refractivity contribution in [3.63, 3.8) is 0 Å². The summed E-state index contributed by atoms with van der Waals surface area (Å²) in [5, 5.41) is 3.44. The fourth-order valence-corrected chi connectivity index (χ4v) is 3.48. The van der Waals surface area contributed by atoms with Crippen molar-refractivity contribution in [3.8, 4) is 5.82 Å². The van der Waals surface area contributed by atoms with Crippen molar-refractivity contribution < 1.29 is 4.79 Å². The Kier molecular flexibility index (Phi) is 5.16. The molecule has 3 heterocycles. The lowest BCUT2D eigenvalue weighted by molar-refractivity contribution is 0.208. The van der Waals surface area contributed by atoms with Gasteiger partial charge in [0, 0.05) is 44.6 Å². The summed E-state index contributed by atoms with van der Waals surface area (Å²) in [7, 11) is 0. The number of nitrogens with zero attached hydrogens (tertiary/aromatic N) is 5. The minimum absolute atomic E-state index is 0.138. The van der Waals surface area contributed by atoms with Gasteiger partial charge in [-0.2, -0.15) is 0 Å². The average Bonchev–Trinajstić information content (AvgIpc) is 3.25. The van der Waals surface area contributed by atoms with E-state index in [-0.39, 0.29) is 6.03 Å². The zero-order valence-electron chi connectivity index (χ0n) is 15.5. The van der Waals surface area contributed by atoms with Crippen LogP contribution in [0.4, 0.5) is 16.3 Å². The van der Waals surface area contributed by atoms with Crippen LogP contribution in [0, 0.1) is 6.92 Å². The summed E-state index contributed by atoms with van der Waals surface area (Å²) < 4.78 is 1.94. The van der Waals surface area contributed by atoms with E-state index in [9.17, 15) is 4.79 Å². The Bertz CT molecular complexity index is 967. The maximum Gasteiger partial charge on any atom is 0.322 e. The monoisotopic (exact) mass is 396 g/mol. The molecule has 2 amide bonds. The summed E-state index contributed by atoms with van der Waals surface area (Å²) in [6.45, 7) is 4.59. The second-order valence-electron chi connectivity index (χ2n) is 6.71. The summed E-state index contributed by atoms with van der Waals surface area (Å²) in [4.78, 5) is 25.2. The van der Waals surface area contributed by atoms with Crippen molar-refractivity contribution in [3.05, 3.63) is 65.7 Å². The molecule has 1 N–H and O–H groups in total. The molecule has 28 heavy (non-hydrogen) atoms. The summed E-state index contributed by atoms with van der Waals surface area (Å²) >= 11 is 6.22. The van der Waals surface area contributed by atoms with E-state index in [1.807, 2.05) is 60.3 Å². The van der Waals surface area contributed by atoms with Gasteiger partial charge < -0.3 is 19.7 Å². The van der Waals surface area contributed by atoms with Crippen molar-refractivity contribution in [2.75, 3.05) is 36.4 Å². The van der Waals surface area contributed by atoms with Gasteiger partial charge in [-0.3, -0.25) is 0 Å². The minimum atomic E-state index is -0.138. The first kappa shape index (κ1) is 18.3. The lowest BCUT2D eigenvalue weighted by Gasteiger charge is -2.35. The molecule has 1 fully saturated rings. The molecule has 3 aromatic rings. The molecule has 0 unspecified atom stereocenters. The molecular weight excluding hydrogens is 376 g/mol. The molecule has 4 rings (SSSR count). The zero-order chi connectivity index (χ0) is 19.5. The molecule has 1 aliphatic heterocycles. The number of amides is 2. The predicted octanol–water partition coefficient (Wildman–Crippen LogP) is 3.58. The summed E-state index contributed by atoms with van der Waals surface area (Å²) in [6, 6.07) is 11.3. The highest BCUT2D eigenvalue weighted by atomic mass is 35.5. The molecule has 144 valence electrons. The molecule has 7 nitrogen and oxygen atoms in total. The lowest BCUT2D eigenvalue weighted by Crippen LogP contribution is -2.50. The molecule has 1 aromatic carbocycles. The van der Waals surface area contributed by atoms with Crippen molar-refractivity contribution in [2.24, 2.45) is 0 Å². The van der Waals surface area contributed by atoms with Crippen molar-refractivity contribution >= 4 is 29.1 Å². The average molecular weight is 397 g/mol. The largest absolute Gasteiger partial charge is 0.353 e. The van der Waals surface area contributed by atoms with Crippen LogP contribution < -0.4 is 10.2 Å². The normalized spacial score (nSPS) is 14.2. The van der Waals surface area contributed by atoms with E-state index in [1.165, 1.54) is 0 Å². The fraction of sp³-hybridized carbons (Fsp3) is 0.250. The standard InChI is InChI=1S/C20H21ClN6O/c1-15-4-5-17(16(21)12-15)24-20(28)27-10-8-26(9-11-27)19-13-18(22-14-23-19)25-6-2-3-7-25/h2-7,12-14H,8-11H2,1H3,(H,24,28). The number of piperazine rings is 1. The number of hydrogen-bond acceptors (Lipinski definition) is 4. The van der Waals surface area contributed by atoms with Crippen LogP contribution in [-0.4, -0.2) is 51.6 Å². The second-order valence-corrected chi connectivity index (χ2v) is 7.12. The van der Waals surface area contributed by atoms with Crippen molar-refractivity contribution in [1.82, 2.24) is 19.4 Å². The van der Waals surface area contributed by atoms with E-state index in [0.29, 0.717) is 36.9 Å². The molecule has 0 spiro atoms. The van der Waals surface area contributed by atoms with Gasteiger partial charge in [-0.05, 0) is 36.8 Å². The Labute approximate surface area is 168 Å². The number of urea groups is 1. The van der Waals surface area contributed by atoms with Gasteiger partial charge in [0.1, 0.15) is 18.0 Å². The first-order valence-corrected chi connectivity index (χ1v) is 9.50. The number of aromatic nitrogens is 3. The molecule has 1 aliphatic rings. The Morgan fingerprint density at radius 3 is 2.46 bits per heavy atom. The SMILES string of the molecule is Cc1ccc(NC(=O)N2CCN(c3cc(-n4cccc4)ncn3)CC2)c(Cl)c1. The lowest BCUT2D eigenvalue weighted by atomic mass is 10.2. The van der Waals surface area contributed by atoms with Crippen LogP contribution in [0.5, 0.6) is 0 Å². The molecule has 0 aliphatic carbocycles. The number of benzene rings is 1. The number of carbonyl (C=O) groups is 1. The van der Waals surface area contributed by atoms with E-state index in [0.717, 1.165) is 17.2 Å². The molecule has 0 bridgehead atoms.